The number of hydrogen-bond donors (Lipinski definition) is 1. The SMILES string of the molecule is CCC(C)Nc1ncnc2c1nnn2CC. The molecule has 0 aliphatic rings. The number of rotatable bonds is 4. The molecule has 0 aliphatic heterocycles. The summed E-state index contributed by atoms with van der Waals surface area (Å²) in [6, 6.07) is 0.366. The molecule has 0 saturated heterocycles. The monoisotopic (exact) mass is 220 g/mol. The number of aromatic nitrogens is 5. The third-order valence-electron chi connectivity index (χ3n) is 2.60. The Morgan fingerprint density at radius 2 is 2.19 bits per heavy atom. The van der Waals surface area contributed by atoms with Crippen LogP contribution in [0, 0.1) is 0 Å². The normalized spacial score (nSPS) is 12.9. The zero-order valence-electron chi connectivity index (χ0n) is 9.80. The molecule has 0 spiro atoms. The highest BCUT2D eigenvalue weighted by Crippen LogP contribution is 2.16. The fraction of sp³-hybridized carbons (Fsp3) is 0.600. The third-order valence-corrected chi connectivity index (χ3v) is 2.60. The molecule has 86 valence electrons. The maximum absolute atomic E-state index is 4.20. The lowest BCUT2D eigenvalue weighted by Gasteiger charge is -2.11. The van der Waals surface area contributed by atoms with Gasteiger partial charge in [0.15, 0.2) is 17.0 Å². The minimum atomic E-state index is 0.366. The summed E-state index contributed by atoms with van der Waals surface area (Å²) in [5.41, 5.74) is 1.52. The Balaban J connectivity index is 2.42. The van der Waals surface area contributed by atoms with Crippen molar-refractivity contribution in [1.82, 2.24) is 25.0 Å². The van der Waals surface area contributed by atoms with Crippen LogP contribution in [0.2, 0.25) is 0 Å². The summed E-state index contributed by atoms with van der Waals surface area (Å²) in [6.45, 7) is 7.01. The Hall–Kier alpha value is -1.72. The summed E-state index contributed by atoms with van der Waals surface area (Å²) in [7, 11) is 0. The lowest BCUT2D eigenvalue weighted by molar-refractivity contribution is 0.641. The second kappa shape index (κ2) is 4.42. The Morgan fingerprint density at radius 1 is 1.38 bits per heavy atom. The van der Waals surface area contributed by atoms with Crippen LogP contribution < -0.4 is 5.32 Å². The molecule has 6 nitrogen and oxygen atoms in total. The zero-order valence-corrected chi connectivity index (χ0v) is 9.80. The van der Waals surface area contributed by atoms with Gasteiger partial charge in [-0.2, -0.15) is 0 Å². The van der Waals surface area contributed by atoms with E-state index in [1.807, 2.05) is 6.92 Å². The Kier molecular flexibility index (Phi) is 2.98. The van der Waals surface area contributed by atoms with Gasteiger partial charge in [0.05, 0.1) is 0 Å². The second-order valence-electron chi connectivity index (χ2n) is 3.75. The van der Waals surface area contributed by atoms with E-state index in [0.29, 0.717) is 6.04 Å². The van der Waals surface area contributed by atoms with E-state index < -0.39 is 0 Å². The molecule has 1 N–H and O–H groups in total. The number of nitrogens with zero attached hydrogens (tertiary/aromatic N) is 5. The predicted octanol–water partition coefficient (Wildman–Crippen LogP) is 1.45. The average molecular weight is 220 g/mol. The largest absolute Gasteiger partial charge is 0.366 e. The molecule has 2 aromatic rings. The van der Waals surface area contributed by atoms with Crippen molar-refractivity contribution in [2.75, 3.05) is 5.32 Å². The van der Waals surface area contributed by atoms with Crippen LogP contribution in [0.15, 0.2) is 6.33 Å². The van der Waals surface area contributed by atoms with Crippen LogP contribution in [0.5, 0.6) is 0 Å². The first kappa shape index (κ1) is 10.8. The maximum atomic E-state index is 4.20. The average Bonchev–Trinajstić information content (AvgIpc) is 2.73. The van der Waals surface area contributed by atoms with E-state index in [9.17, 15) is 0 Å². The summed E-state index contributed by atoms with van der Waals surface area (Å²) in [6.07, 6.45) is 2.58. The Labute approximate surface area is 94.1 Å². The van der Waals surface area contributed by atoms with Crippen LogP contribution in [0.25, 0.3) is 11.2 Å². The van der Waals surface area contributed by atoms with Gasteiger partial charge < -0.3 is 5.32 Å². The quantitative estimate of drug-likeness (QED) is 0.844. The Bertz CT molecular complexity index is 477. The highest BCUT2D eigenvalue weighted by molar-refractivity contribution is 5.81. The van der Waals surface area contributed by atoms with Gasteiger partial charge in [0.1, 0.15) is 6.33 Å². The van der Waals surface area contributed by atoms with Crippen LogP contribution in [0.1, 0.15) is 27.2 Å². The first-order valence-corrected chi connectivity index (χ1v) is 5.57. The topological polar surface area (TPSA) is 68.5 Å². The van der Waals surface area contributed by atoms with E-state index in [-0.39, 0.29) is 0 Å². The van der Waals surface area contributed by atoms with Gasteiger partial charge in [-0.05, 0) is 20.3 Å². The molecule has 0 saturated carbocycles. The molecule has 2 aromatic heterocycles. The molecule has 0 fully saturated rings. The molecule has 2 heterocycles. The molecule has 0 radical (unpaired) electrons. The van der Waals surface area contributed by atoms with Crippen molar-refractivity contribution in [3.05, 3.63) is 6.33 Å². The smallest absolute Gasteiger partial charge is 0.183 e. The number of anilines is 1. The van der Waals surface area contributed by atoms with E-state index in [1.165, 1.54) is 0 Å². The van der Waals surface area contributed by atoms with Gasteiger partial charge in [-0.3, -0.25) is 0 Å². The minimum absolute atomic E-state index is 0.366. The zero-order chi connectivity index (χ0) is 11.5. The van der Waals surface area contributed by atoms with Crippen molar-refractivity contribution in [2.45, 2.75) is 39.8 Å². The summed E-state index contributed by atoms with van der Waals surface area (Å²) in [5, 5.41) is 11.4. The number of nitrogens with one attached hydrogen (secondary N) is 1. The molecule has 0 aliphatic carbocycles. The van der Waals surface area contributed by atoms with E-state index >= 15 is 0 Å². The minimum Gasteiger partial charge on any atom is -0.366 e. The van der Waals surface area contributed by atoms with Gasteiger partial charge >= 0.3 is 0 Å². The molecule has 1 unspecified atom stereocenters. The highest BCUT2D eigenvalue weighted by Gasteiger charge is 2.11. The van der Waals surface area contributed by atoms with Crippen molar-refractivity contribution in [3.8, 4) is 0 Å². The highest BCUT2D eigenvalue weighted by atomic mass is 15.4. The molecular formula is C10H16N6. The molecule has 6 heteroatoms. The lowest BCUT2D eigenvalue weighted by atomic mass is 10.2. The van der Waals surface area contributed by atoms with E-state index in [2.05, 4.69) is 39.4 Å². The molecule has 1 atom stereocenters. The van der Waals surface area contributed by atoms with Crippen molar-refractivity contribution in [2.24, 2.45) is 0 Å². The van der Waals surface area contributed by atoms with E-state index in [4.69, 9.17) is 0 Å². The third kappa shape index (κ3) is 1.82. The van der Waals surface area contributed by atoms with Gasteiger partial charge in [-0.1, -0.05) is 12.1 Å². The summed E-state index contributed by atoms with van der Waals surface area (Å²) >= 11 is 0. The van der Waals surface area contributed by atoms with Crippen LogP contribution in [-0.4, -0.2) is 31.0 Å². The first-order valence-electron chi connectivity index (χ1n) is 5.57. The van der Waals surface area contributed by atoms with Crippen LogP contribution in [-0.2, 0) is 6.54 Å². The maximum Gasteiger partial charge on any atom is 0.183 e. The summed E-state index contributed by atoms with van der Waals surface area (Å²) < 4.78 is 1.76. The van der Waals surface area contributed by atoms with Gasteiger partial charge in [-0.25, -0.2) is 14.6 Å². The van der Waals surface area contributed by atoms with Crippen LogP contribution in [0.4, 0.5) is 5.82 Å². The number of fused-ring (bicyclic) bond motifs is 1. The fourth-order valence-corrected chi connectivity index (χ4v) is 1.45. The fourth-order valence-electron chi connectivity index (χ4n) is 1.45. The van der Waals surface area contributed by atoms with Gasteiger partial charge in [-0.15, -0.1) is 5.10 Å². The van der Waals surface area contributed by atoms with Crippen molar-refractivity contribution < 1.29 is 0 Å². The van der Waals surface area contributed by atoms with Gasteiger partial charge in [0.2, 0.25) is 0 Å². The van der Waals surface area contributed by atoms with Crippen molar-refractivity contribution >= 4 is 17.0 Å². The number of aryl methyl sites for hydroxylation is 1. The van der Waals surface area contributed by atoms with Gasteiger partial charge in [0, 0.05) is 12.6 Å². The van der Waals surface area contributed by atoms with Gasteiger partial charge in [0.25, 0.3) is 0 Å². The summed E-state index contributed by atoms with van der Waals surface area (Å²) in [4.78, 5) is 8.40. The standard InChI is InChI=1S/C10H16N6/c1-4-7(3)13-9-8-10(12-6-11-9)16(5-2)15-14-8/h6-7H,4-5H2,1-3H3,(H,11,12,13). The van der Waals surface area contributed by atoms with Crippen molar-refractivity contribution in [3.63, 3.8) is 0 Å². The molecule has 0 aromatic carbocycles. The van der Waals surface area contributed by atoms with Crippen molar-refractivity contribution in [1.29, 1.82) is 0 Å². The molecule has 16 heavy (non-hydrogen) atoms. The molecule has 0 amide bonds. The molecule has 2 rings (SSSR count). The van der Waals surface area contributed by atoms with E-state index in [1.54, 1.807) is 11.0 Å². The predicted molar refractivity (Wildman–Crippen MR) is 62.2 cm³/mol. The van der Waals surface area contributed by atoms with Crippen LogP contribution in [0.3, 0.4) is 0 Å². The molecule has 0 bridgehead atoms. The van der Waals surface area contributed by atoms with E-state index in [0.717, 1.165) is 29.9 Å². The Morgan fingerprint density at radius 3 is 2.88 bits per heavy atom. The van der Waals surface area contributed by atoms with Crippen LogP contribution >= 0.6 is 0 Å². The number of hydrogen-bond acceptors (Lipinski definition) is 5. The first-order chi connectivity index (χ1) is 7.76. The molecular weight excluding hydrogens is 204 g/mol. The second-order valence-corrected chi connectivity index (χ2v) is 3.75. The summed E-state index contributed by atoms with van der Waals surface area (Å²) in [5.74, 6) is 0.763. The lowest BCUT2D eigenvalue weighted by Crippen LogP contribution is -2.15.